The van der Waals surface area contributed by atoms with Crippen LogP contribution in [-0.2, 0) is 17.5 Å². The molecular formula is C22H23F3N4OS. The smallest absolute Gasteiger partial charge is 0.356 e. The van der Waals surface area contributed by atoms with Crippen molar-refractivity contribution in [1.82, 2.24) is 15.3 Å². The van der Waals surface area contributed by atoms with Crippen molar-refractivity contribution < 1.29 is 18.0 Å². The van der Waals surface area contributed by atoms with Crippen LogP contribution in [0.4, 0.5) is 19.0 Å². The summed E-state index contributed by atoms with van der Waals surface area (Å²) in [6.07, 6.45) is -3.19. The van der Waals surface area contributed by atoms with E-state index in [0.29, 0.717) is 31.8 Å². The normalized spacial score (nSPS) is 15.5. The van der Waals surface area contributed by atoms with E-state index in [1.165, 1.54) is 12.1 Å². The quantitative estimate of drug-likeness (QED) is 0.619. The number of nitrogens with zero attached hydrogens (tertiary/aromatic N) is 3. The molecule has 31 heavy (non-hydrogen) atoms. The molecule has 2 aromatic heterocycles. The van der Waals surface area contributed by atoms with Crippen LogP contribution in [0.5, 0.6) is 0 Å². The van der Waals surface area contributed by atoms with E-state index < -0.39 is 11.7 Å². The SMILES string of the molecule is Cc1nc(N2CCC(C(=O)NCc3ccccc3C(F)(F)F)CC2)c2c(C)scc2n1. The first kappa shape index (κ1) is 21.5. The molecule has 0 unspecified atom stereocenters. The Balaban J connectivity index is 1.40. The number of alkyl halides is 3. The molecule has 1 amide bonds. The van der Waals surface area contributed by atoms with Crippen molar-refractivity contribution in [3.63, 3.8) is 0 Å². The third-order valence-corrected chi connectivity index (χ3v) is 6.57. The molecule has 4 rings (SSSR count). The molecule has 0 spiro atoms. The second kappa shape index (κ2) is 8.45. The minimum absolute atomic E-state index is 0.0765. The topological polar surface area (TPSA) is 58.1 Å². The monoisotopic (exact) mass is 448 g/mol. The largest absolute Gasteiger partial charge is 0.416 e. The number of fused-ring (bicyclic) bond motifs is 1. The summed E-state index contributed by atoms with van der Waals surface area (Å²) < 4.78 is 39.4. The maximum Gasteiger partial charge on any atom is 0.416 e. The fourth-order valence-electron chi connectivity index (χ4n) is 4.07. The molecule has 1 aliphatic heterocycles. The number of amides is 1. The van der Waals surface area contributed by atoms with Gasteiger partial charge in [0.2, 0.25) is 5.91 Å². The van der Waals surface area contributed by atoms with Crippen molar-refractivity contribution in [2.45, 2.75) is 39.4 Å². The number of halogens is 3. The van der Waals surface area contributed by atoms with Crippen molar-refractivity contribution in [1.29, 1.82) is 0 Å². The Morgan fingerprint density at radius 2 is 1.90 bits per heavy atom. The lowest BCUT2D eigenvalue weighted by molar-refractivity contribution is -0.138. The molecule has 1 N–H and O–H groups in total. The van der Waals surface area contributed by atoms with E-state index in [9.17, 15) is 18.0 Å². The molecule has 3 aromatic rings. The van der Waals surface area contributed by atoms with Crippen molar-refractivity contribution in [3.8, 4) is 0 Å². The molecule has 0 bridgehead atoms. The Labute approximate surface area is 182 Å². The van der Waals surface area contributed by atoms with Gasteiger partial charge in [-0.2, -0.15) is 13.2 Å². The first-order valence-corrected chi connectivity index (χ1v) is 11.0. The Hall–Kier alpha value is -2.68. The number of aryl methyl sites for hydroxylation is 2. The highest BCUT2D eigenvalue weighted by Crippen LogP contribution is 2.34. The highest BCUT2D eigenvalue weighted by atomic mass is 32.1. The minimum atomic E-state index is -4.44. The highest BCUT2D eigenvalue weighted by Gasteiger charge is 2.33. The lowest BCUT2D eigenvalue weighted by Crippen LogP contribution is -2.41. The Bertz CT molecular complexity index is 1100. The van der Waals surface area contributed by atoms with Crippen LogP contribution in [0.3, 0.4) is 0 Å². The molecule has 1 aliphatic rings. The Morgan fingerprint density at radius 3 is 2.61 bits per heavy atom. The molecule has 3 heterocycles. The predicted octanol–water partition coefficient (Wildman–Crippen LogP) is 4.86. The molecule has 0 radical (unpaired) electrons. The number of hydrogen-bond donors (Lipinski definition) is 1. The number of carbonyl (C=O) groups excluding carboxylic acids is 1. The molecule has 1 aromatic carbocycles. The summed E-state index contributed by atoms with van der Waals surface area (Å²) in [5, 5.41) is 5.79. The Kier molecular flexibility index (Phi) is 5.88. The zero-order valence-electron chi connectivity index (χ0n) is 17.3. The van der Waals surface area contributed by atoms with Crippen LogP contribution >= 0.6 is 11.3 Å². The highest BCUT2D eigenvalue weighted by molar-refractivity contribution is 7.11. The lowest BCUT2D eigenvalue weighted by Gasteiger charge is -2.32. The number of nitrogens with one attached hydrogen (secondary N) is 1. The number of carbonyl (C=O) groups is 1. The summed E-state index contributed by atoms with van der Waals surface area (Å²) in [4.78, 5) is 25.1. The molecule has 164 valence electrons. The molecule has 0 atom stereocenters. The van der Waals surface area contributed by atoms with Gasteiger partial charge in [-0.25, -0.2) is 9.97 Å². The molecule has 9 heteroatoms. The zero-order chi connectivity index (χ0) is 22.2. The van der Waals surface area contributed by atoms with Gasteiger partial charge in [0.05, 0.1) is 16.5 Å². The van der Waals surface area contributed by atoms with Gasteiger partial charge < -0.3 is 10.2 Å². The van der Waals surface area contributed by atoms with E-state index in [4.69, 9.17) is 0 Å². The minimum Gasteiger partial charge on any atom is -0.356 e. The summed E-state index contributed by atoms with van der Waals surface area (Å²) in [7, 11) is 0. The number of benzene rings is 1. The van der Waals surface area contributed by atoms with Crippen LogP contribution in [0, 0.1) is 19.8 Å². The van der Waals surface area contributed by atoms with Crippen LogP contribution in [0.15, 0.2) is 29.6 Å². The van der Waals surface area contributed by atoms with Crippen LogP contribution in [-0.4, -0.2) is 29.0 Å². The summed E-state index contributed by atoms with van der Waals surface area (Å²) in [5.41, 5.74) is 0.306. The van der Waals surface area contributed by atoms with E-state index in [1.54, 1.807) is 17.4 Å². The standard InChI is InChI=1S/C22H23F3N4OS/c1-13-19-18(12-31-13)27-14(2)28-20(19)29-9-7-15(8-10-29)21(30)26-11-16-5-3-4-6-17(16)22(23,24)25/h3-6,12,15H,7-11H2,1-2H3,(H,26,30). The second-order valence-corrected chi connectivity index (χ2v) is 8.86. The Morgan fingerprint density at radius 1 is 1.19 bits per heavy atom. The van der Waals surface area contributed by atoms with Crippen molar-refractivity contribution >= 4 is 34.0 Å². The maximum absolute atomic E-state index is 13.1. The second-order valence-electron chi connectivity index (χ2n) is 7.78. The van der Waals surface area contributed by atoms with Crippen molar-refractivity contribution in [2.75, 3.05) is 18.0 Å². The van der Waals surface area contributed by atoms with Gasteiger partial charge in [0.25, 0.3) is 0 Å². The fourth-order valence-corrected chi connectivity index (χ4v) is 4.84. The summed E-state index contributed by atoms with van der Waals surface area (Å²) in [6, 6.07) is 5.34. The summed E-state index contributed by atoms with van der Waals surface area (Å²) in [5.74, 6) is 1.19. The van der Waals surface area contributed by atoms with Gasteiger partial charge in [0.15, 0.2) is 0 Å². The molecule has 0 aliphatic carbocycles. The molecular weight excluding hydrogens is 425 g/mol. The number of piperidine rings is 1. The van der Waals surface area contributed by atoms with Crippen LogP contribution in [0.1, 0.15) is 34.7 Å². The van der Waals surface area contributed by atoms with E-state index in [2.05, 4.69) is 20.2 Å². The maximum atomic E-state index is 13.1. The van der Waals surface area contributed by atoms with Crippen LogP contribution < -0.4 is 10.2 Å². The summed E-state index contributed by atoms with van der Waals surface area (Å²) in [6.45, 7) is 5.12. The first-order valence-electron chi connectivity index (χ1n) is 10.1. The third kappa shape index (κ3) is 4.51. The van der Waals surface area contributed by atoms with E-state index in [-0.39, 0.29) is 23.9 Å². The number of thiophene rings is 1. The zero-order valence-corrected chi connectivity index (χ0v) is 18.1. The molecule has 1 saturated heterocycles. The van der Waals surface area contributed by atoms with Crippen LogP contribution in [0.2, 0.25) is 0 Å². The average molecular weight is 449 g/mol. The van der Waals surface area contributed by atoms with Gasteiger partial charge >= 0.3 is 6.18 Å². The van der Waals surface area contributed by atoms with Gasteiger partial charge in [-0.15, -0.1) is 11.3 Å². The van der Waals surface area contributed by atoms with Gasteiger partial charge in [0, 0.05) is 35.8 Å². The van der Waals surface area contributed by atoms with Gasteiger partial charge in [0.1, 0.15) is 11.6 Å². The van der Waals surface area contributed by atoms with Gasteiger partial charge in [-0.3, -0.25) is 4.79 Å². The van der Waals surface area contributed by atoms with Gasteiger partial charge in [-0.1, -0.05) is 18.2 Å². The fraction of sp³-hybridized carbons (Fsp3) is 0.409. The number of hydrogen-bond acceptors (Lipinski definition) is 5. The van der Waals surface area contributed by atoms with Crippen molar-refractivity contribution in [3.05, 3.63) is 51.5 Å². The lowest BCUT2D eigenvalue weighted by atomic mass is 9.95. The molecule has 0 saturated carbocycles. The number of aromatic nitrogens is 2. The predicted molar refractivity (Wildman–Crippen MR) is 115 cm³/mol. The average Bonchev–Trinajstić information content (AvgIpc) is 3.11. The van der Waals surface area contributed by atoms with Crippen molar-refractivity contribution in [2.24, 2.45) is 5.92 Å². The molecule has 5 nitrogen and oxygen atoms in total. The van der Waals surface area contributed by atoms with E-state index in [0.717, 1.165) is 27.7 Å². The number of rotatable bonds is 4. The third-order valence-electron chi connectivity index (χ3n) is 5.67. The van der Waals surface area contributed by atoms with E-state index in [1.807, 2.05) is 19.2 Å². The first-order chi connectivity index (χ1) is 14.7. The van der Waals surface area contributed by atoms with Crippen LogP contribution in [0.25, 0.3) is 10.9 Å². The molecule has 1 fully saturated rings. The number of anilines is 1. The summed E-state index contributed by atoms with van der Waals surface area (Å²) >= 11 is 1.64. The van der Waals surface area contributed by atoms with E-state index >= 15 is 0 Å². The van der Waals surface area contributed by atoms with Gasteiger partial charge in [-0.05, 0) is 38.3 Å².